The smallest absolute Gasteiger partial charge is 0.251 e. The maximum Gasteiger partial charge on any atom is 0.251 e. The Morgan fingerprint density at radius 1 is 1.10 bits per heavy atom. The van der Waals surface area contributed by atoms with E-state index in [-0.39, 0.29) is 24.1 Å². The number of thioether (sulfide) groups is 1. The van der Waals surface area contributed by atoms with Crippen LogP contribution in [0.2, 0.25) is 5.02 Å². The molecule has 3 rings (SSSR count). The molecule has 1 heterocycles. The van der Waals surface area contributed by atoms with Gasteiger partial charge in [-0.3, -0.25) is 9.59 Å². The van der Waals surface area contributed by atoms with Gasteiger partial charge in [0.1, 0.15) is 0 Å². The Morgan fingerprint density at radius 3 is 2.53 bits per heavy atom. The van der Waals surface area contributed by atoms with Gasteiger partial charge in [0.2, 0.25) is 5.91 Å². The summed E-state index contributed by atoms with van der Waals surface area (Å²) in [6, 6.07) is 15.9. The van der Waals surface area contributed by atoms with Crippen LogP contribution in [0.3, 0.4) is 0 Å². The number of aromatic nitrogens is 3. The fourth-order valence-electron chi connectivity index (χ4n) is 2.58. The summed E-state index contributed by atoms with van der Waals surface area (Å²) in [5.74, 6) is 0.373. The zero-order chi connectivity index (χ0) is 21.3. The molecule has 0 aliphatic heterocycles. The molecule has 1 aromatic heterocycles. The summed E-state index contributed by atoms with van der Waals surface area (Å²) in [5.41, 5.74) is 1.24. The summed E-state index contributed by atoms with van der Waals surface area (Å²) in [7, 11) is 0. The van der Waals surface area contributed by atoms with E-state index in [9.17, 15) is 9.59 Å². The van der Waals surface area contributed by atoms with Gasteiger partial charge in [0.25, 0.3) is 5.91 Å². The molecule has 0 fully saturated rings. The molecule has 0 aliphatic carbocycles. The molecule has 2 N–H and O–H groups in total. The number of carbonyl (C=O) groups excluding carboxylic acids is 2. The normalized spacial score (nSPS) is 10.4. The predicted octanol–water partition coefficient (Wildman–Crippen LogP) is 3.78. The van der Waals surface area contributed by atoms with Crippen molar-refractivity contribution >= 4 is 40.9 Å². The van der Waals surface area contributed by atoms with Crippen LogP contribution in [0.4, 0.5) is 5.69 Å². The molecule has 7 nitrogen and oxygen atoms in total. The minimum Gasteiger partial charge on any atom is -0.345 e. The number of hydrogen-bond donors (Lipinski definition) is 2. The third-order valence-corrected chi connectivity index (χ3v) is 5.23. The number of allylic oxidation sites excluding steroid dienone is 1. The molecule has 0 spiro atoms. The van der Waals surface area contributed by atoms with Gasteiger partial charge in [0, 0.05) is 22.8 Å². The second-order valence-electron chi connectivity index (χ2n) is 6.19. The minimum atomic E-state index is -0.240. The van der Waals surface area contributed by atoms with E-state index in [1.165, 1.54) is 11.8 Å². The number of carbonyl (C=O) groups is 2. The van der Waals surface area contributed by atoms with Crippen molar-refractivity contribution < 1.29 is 9.59 Å². The Bertz CT molecular complexity index is 1020. The molecule has 9 heteroatoms. The Kier molecular flexibility index (Phi) is 7.64. The van der Waals surface area contributed by atoms with Gasteiger partial charge >= 0.3 is 0 Å². The summed E-state index contributed by atoms with van der Waals surface area (Å²) < 4.78 is 1.82. The van der Waals surface area contributed by atoms with Crippen molar-refractivity contribution in [2.75, 3.05) is 11.1 Å². The Hall–Kier alpha value is -3.10. The molecule has 0 bridgehead atoms. The van der Waals surface area contributed by atoms with Crippen LogP contribution in [0, 0.1) is 0 Å². The predicted molar refractivity (Wildman–Crippen MR) is 119 cm³/mol. The van der Waals surface area contributed by atoms with Crippen molar-refractivity contribution in [3.05, 3.63) is 83.7 Å². The van der Waals surface area contributed by atoms with Crippen LogP contribution in [-0.4, -0.2) is 32.3 Å². The maximum absolute atomic E-state index is 12.3. The zero-order valence-corrected chi connectivity index (χ0v) is 17.6. The SMILES string of the molecule is C=CCn1c(CNC(=O)c2ccc(Cl)cc2)nnc1SCC(=O)Nc1ccccc1. The lowest BCUT2D eigenvalue weighted by Gasteiger charge is -2.09. The number of nitrogens with one attached hydrogen (secondary N) is 2. The highest BCUT2D eigenvalue weighted by atomic mass is 35.5. The molecule has 0 saturated carbocycles. The molecule has 2 amide bonds. The number of anilines is 1. The molecule has 154 valence electrons. The Labute approximate surface area is 183 Å². The van der Waals surface area contributed by atoms with E-state index >= 15 is 0 Å². The largest absolute Gasteiger partial charge is 0.345 e. The van der Waals surface area contributed by atoms with Crippen molar-refractivity contribution in [2.24, 2.45) is 0 Å². The van der Waals surface area contributed by atoms with E-state index in [0.717, 1.165) is 5.69 Å². The van der Waals surface area contributed by atoms with E-state index < -0.39 is 0 Å². The quantitative estimate of drug-likeness (QED) is 0.389. The van der Waals surface area contributed by atoms with Gasteiger partial charge in [-0.2, -0.15) is 0 Å². The fourth-order valence-corrected chi connectivity index (χ4v) is 3.47. The zero-order valence-electron chi connectivity index (χ0n) is 16.0. The Morgan fingerprint density at radius 2 is 1.83 bits per heavy atom. The highest BCUT2D eigenvalue weighted by molar-refractivity contribution is 7.99. The first-order valence-corrected chi connectivity index (χ1v) is 10.5. The minimum absolute atomic E-state index is 0.142. The summed E-state index contributed by atoms with van der Waals surface area (Å²) in [4.78, 5) is 24.5. The van der Waals surface area contributed by atoms with E-state index in [1.807, 2.05) is 34.9 Å². The average molecular weight is 442 g/mol. The molecule has 0 atom stereocenters. The number of hydrogen-bond acceptors (Lipinski definition) is 5. The maximum atomic E-state index is 12.3. The monoisotopic (exact) mass is 441 g/mol. The lowest BCUT2D eigenvalue weighted by molar-refractivity contribution is -0.113. The highest BCUT2D eigenvalue weighted by Gasteiger charge is 2.15. The average Bonchev–Trinajstić information content (AvgIpc) is 3.13. The summed E-state index contributed by atoms with van der Waals surface area (Å²) in [6.07, 6.45) is 1.71. The molecular formula is C21H20ClN5O2S. The highest BCUT2D eigenvalue weighted by Crippen LogP contribution is 2.18. The topological polar surface area (TPSA) is 88.9 Å². The van der Waals surface area contributed by atoms with E-state index in [1.54, 1.807) is 30.3 Å². The van der Waals surface area contributed by atoms with Crippen molar-refractivity contribution in [3.63, 3.8) is 0 Å². The summed E-state index contributed by atoms with van der Waals surface area (Å²) in [5, 5.41) is 15.1. The van der Waals surface area contributed by atoms with Crippen molar-refractivity contribution in [2.45, 2.75) is 18.2 Å². The first-order chi connectivity index (χ1) is 14.6. The molecule has 30 heavy (non-hydrogen) atoms. The fraction of sp³-hybridized carbons (Fsp3) is 0.143. The third kappa shape index (κ3) is 5.95. The van der Waals surface area contributed by atoms with Crippen molar-refractivity contribution in [1.29, 1.82) is 0 Å². The van der Waals surface area contributed by atoms with Crippen LogP contribution in [0.15, 0.2) is 72.4 Å². The second kappa shape index (κ2) is 10.6. The van der Waals surface area contributed by atoms with E-state index in [4.69, 9.17) is 11.6 Å². The third-order valence-electron chi connectivity index (χ3n) is 4.01. The first kappa shape index (κ1) is 21.6. The van der Waals surface area contributed by atoms with Gasteiger partial charge in [-0.1, -0.05) is 47.6 Å². The summed E-state index contributed by atoms with van der Waals surface area (Å²) in [6.45, 7) is 4.41. The summed E-state index contributed by atoms with van der Waals surface area (Å²) >= 11 is 7.12. The van der Waals surface area contributed by atoms with Crippen LogP contribution >= 0.6 is 23.4 Å². The Balaban J connectivity index is 1.60. The van der Waals surface area contributed by atoms with Gasteiger partial charge in [0.15, 0.2) is 11.0 Å². The molecule has 2 aromatic carbocycles. The van der Waals surface area contributed by atoms with Crippen LogP contribution in [0.1, 0.15) is 16.2 Å². The van der Waals surface area contributed by atoms with Crippen LogP contribution in [-0.2, 0) is 17.9 Å². The second-order valence-corrected chi connectivity index (χ2v) is 7.57. The lowest BCUT2D eigenvalue weighted by Crippen LogP contribution is -2.24. The van der Waals surface area contributed by atoms with E-state index in [2.05, 4.69) is 27.4 Å². The number of amides is 2. The molecule has 0 saturated heterocycles. The number of benzene rings is 2. The number of rotatable bonds is 9. The molecule has 0 aliphatic rings. The molecular weight excluding hydrogens is 422 g/mol. The number of nitrogens with zero attached hydrogens (tertiary/aromatic N) is 3. The number of para-hydroxylation sites is 1. The lowest BCUT2D eigenvalue weighted by atomic mass is 10.2. The van der Waals surface area contributed by atoms with Gasteiger partial charge in [-0.05, 0) is 36.4 Å². The molecule has 0 unspecified atom stereocenters. The van der Waals surface area contributed by atoms with Gasteiger partial charge in [-0.15, -0.1) is 16.8 Å². The molecule has 3 aromatic rings. The van der Waals surface area contributed by atoms with Gasteiger partial charge < -0.3 is 15.2 Å². The van der Waals surface area contributed by atoms with Crippen LogP contribution in [0.5, 0.6) is 0 Å². The van der Waals surface area contributed by atoms with Crippen molar-refractivity contribution in [1.82, 2.24) is 20.1 Å². The van der Waals surface area contributed by atoms with Crippen molar-refractivity contribution in [3.8, 4) is 0 Å². The van der Waals surface area contributed by atoms with E-state index in [0.29, 0.717) is 28.1 Å². The molecule has 0 radical (unpaired) electrons. The van der Waals surface area contributed by atoms with Gasteiger partial charge in [0.05, 0.1) is 12.3 Å². The number of halogens is 1. The van der Waals surface area contributed by atoms with Crippen LogP contribution in [0.25, 0.3) is 0 Å². The standard InChI is InChI=1S/C21H20ClN5O2S/c1-2-12-27-18(13-23-20(29)15-8-10-16(22)11-9-15)25-26-21(27)30-14-19(28)24-17-6-4-3-5-7-17/h2-11H,1,12-14H2,(H,23,29)(H,24,28). The van der Waals surface area contributed by atoms with Gasteiger partial charge in [-0.25, -0.2) is 0 Å². The van der Waals surface area contributed by atoms with Crippen LogP contribution < -0.4 is 10.6 Å². The first-order valence-electron chi connectivity index (χ1n) is 9.11.